The summed E-state index contributed by atoms with van der Waals surface area (Å²) in [5.41, 5.74) is 2.14. The molecule has 186 valence electrons. The van der Waals surface area contributed by atoms with Crippen molar-refractivity contribution in [2.75, 3.05) is 5.75 Å². The lowest BCUT2D eigenvalue weighted by molar-refractivity contribution is 0.0979. The Bertz CT molecular complexity index is 1120. The van der Waals surface area contributed by atoms with Crippen LogP contribution in [0.4, 0.5) is 0 Å². The van der Waals surface area contributed by atoms with E-state index in [1.54, 1.807) is 48.4 Å². The number of rotatable bonds is 15. The molecule has 0 amide bonds. The largest absolute Gasteiger partial charge is 0.327 e. The smallest absolute Gasteiger partial charge is 0.277 e. The van der Waals surface area contributed by atoms with Gasteiger partial charge in [0, 0.05) is 59.9 Å². The van der Waals surface area contributed by atoms with Crippen molar-refractivity contribution in [1.82, 2.24) is 19.5 Å². The van der Waals surface area contributed by atoms with E-state index in [9.17, 15) is 9.59 Å². The van der Waals surface area contributed by atoms with Crippen molar-refractivity contribution < 1.29 is 4.79 Å². The molecule has 0 radical (unpaired) electrons. The maximum Gasteiger partial charge on any atom is 0.277 e. The van der Waals surface area contributed by atoms with Gasteiger partial charge in [-0.15, -0.1) is 0 Å². The molecule has 0 bridgehead atoms. The molecule has 35 heavy (non-hydrogen) atoms. The van der Waals surface area contributed by atoms with Gasteiger partial charge in [-0.25, -0.2) is 9.97 Å². The van der Waals surface area contributed by atoms with E-state index in [1.165, 1.54) is 6.33 Å². The minimum atomic E-state index is -0.172. The molecule has 0 aliphatic carbocycles. The van der Waals surface area contributed by atoms with Gasteiger partial charge in [0.15, 0.2) is 10.9 Å². The van der Waals surface area contributed by atoms with E-state index < -0.39 is 0 Å². The van der Waals surface area contributed by atoms with Gasteiger partial charge in [0.25, 0.3) is 5.56 Å². The van der Waals surface area contributed by atoms with Gasteiger partial charge < -0.3 is 4.57 Å². The third-order valence-electron chi connectivity index (χ3n) is 5.74. The molecule has 0 saturated carbocycles. The van der Waals surface area contributed by atoms with Crippen LogP contribution in [-0.2, 0) is 13.0 Å². The topological polar surface area (TPSA) is 77.7 Å². The Morgan fingerprint density at radius 3 is 2.46 bits per heavy atom. The van der Waals surface area contributed by atoms with Crippen LogP contribution in [0.25, 0.3) is 0 Å². The number of unbranched alkanes of at least 4 members (excludes halogenated alkanes) is 5. The van der Waals surface area contributed by atoms with Crippen LogP contribution in [0.2, 0.25) is 5.02 Å². The second kappa shape index (κ2) is 14.8. The van der Waals surface area contributed by atoms with E-state index in [1.807, 2.05) is 6.20 Å². The maximum atomic E-state index is 12.6. The van der Waals surface area contributed by atoms with Gasteiger partial charge in [0.1, 0.15) is 6.33 Å². The molecule has 0 unspecified atom stereocenters. The molecule has 0 aliphatic rings. The number of ketones is 1. The van der Waals surface area contributed by atoms with Crippen LogP contribution in [0.5, 0.6) is 0 Å². The molecular weight excluding hydrogens is 480 g/mol. The highest BCUT2D eigenvalue weighted by atomic mass is 35.5. The highest BCUT2D eigenvalue weighted by Crippen LogP contribution is 2.19. The van der Waals surface area contributed by atoms with Crippen molar-refractivity contribution in [2.45, 2.75) is 76.4 Å². The van der Waals surface area contributed by atoms with E-state index in [0.29, 0.717) is 23.4 Å². The number of halogens is 1. The fraction of sp³-hybridized carbons (Fsp3) is 0.444. The fourth-order valence-electron chi connectivity index (χ4n) is 3.75. The SMILES string of the molecule is CCCCn1cc(Cc2cncnc2)c(=O)nc1SCCCCCCCC(=O)c1ccc(Cl)cc1. The van der Waals surface area contributed by atoms with E-state index in [2.05, 4.69) is 26.4 Å². The monoisotopic (exact) mass is 512 g/mol. The second-order valence-electron chi connectivity index (χ2n) is 8.62. The molecule has 0 saturated heterocycles. The van der Waals surface area contributed by atoms with Gasteiger partial charge in [0.05, 0.1) is 0 Å². The lowest BCUT2D eigenvalue weighted by Crippen LogP contribution is -2.20. The first-order chi connectivity index (χ1) is 17.1. The van der Waals surface area contributed by atoms with Crippen molar-refractivity contribution in [3.8, 4) is 0 Å². The molecule has 0 aliphatic heterocycles. The molecule has 6 nitrogen and oxygen atoms in total. The molecule has 2 aromatic heterocycles. The highest BCUT2D eigenvalue weighted by Gasteiger charge is 2.11. The van der Waals surface area contributed by atoms with Crippen LogP contribution in [0.15, 0.2) is 59.1 Å². The molecule has 2 heterocycles. The van der Waals surface area contributed by atoms with E-state index in [4.69, 9.17) is 11.6 Å². The summed E-state index contributed by atoms with van der Waals surface area (Å²) >= 11 is 7.54. The summed E-state index contributed by atoms with van der Waals surface area (Å²) in [5.74, 6) is 1.10. The van der Waals surface area contributed by atoms with Crippen molar-refractivity contribution >= 4 is 29.1 Å². The zero-order chi connectivity index (χ0) is 24.9. The summed E-state index contributed by atoms with van der Waals surface area (Å²) in [5, 5.41) is 1.44. The molecule has 3 aromatic rings. The zero-order valence-electron chi connectivity index (χ0n) is 20.3. The van der Waals surface area contributed by atoms with Gasteiger partial charge in [-0.2, -0.15) is 4.98 Å². The molecule has 0 atom stereocenters. The first kappa shape index (κ1) is 27.1. The van der Waals surface area contributed by atoms with Crippen LogP contribution in [0.1, 0.15) is 79.8 Å². The maximum absolute atomic E-state index is 12.6. The number of Topliss-reactive ketones (excluding diaryl/α,β-unsaturated/α-hetero) is 1. The number of aromatic nitrogens is 4. The normalized spacial score (nSPS) is 11.0. The average molecular weight is 513 g/mol. The van der Waals surface area contributed by atoms with E-state index >= 15 is 0 Å². The predicted octanol–water partition coefficient (Wildman–Crippen LogP) is 6.39. The summed E-state index contributed by atoms with van der Waals surface area (Å²) in [4.78, 5) is 37.3. The van der Waals surface area contributed by atoms with Crippen LogP contribution >= 0.6 is 23.4 Å². The summed E-state index contributed by atoms with van der Waals surface area (Å²) in [7, 11) is 0. The molecule has 3 rings (SSSR count). The number of thioether (sulfide) groups is 1. The highest BCUT2D eigenvalue weighted by molar-refractivity contribution is 7.99. The Labute approximate surface area is 216 Å². The Morgan fingerprint density at radius 1 is 1.00 bits per heavy atom. The third-order valence-corrected chi connectivity index (χ3v) is 7.06. The lowest BCUT2D eigenvalue weighted by Gasteiger charge is -2.13. The number of carbonyl (C=O) groups excluding carboxylic acids is 1. The molecule has 1 aromatic carbocycles. The summed E-state index contributed by atoms with van der Waals surface area (Å²) in [6, 6.07) is 7.10. The van der Waals surface area contributed by atoms with Crippen LogP contribution < -0.4 is 5.56 Å². The number of aryl methyl sites for hydroxylation is 1. The van der Waals surface area contributed by atoms with Crippen LogP contribution in [-0.4, -0.2) is 31.1 Å². The quantitative estimate of drug-likeness (QED) is 0.101. The standard InChI is InChI=1S/C27H33ClN4O2S/c1-2-3-14-32-19-23(16-21-17-29-20-30-18-21)26(34)31-27(32)35-15-8-6-4-5-7-9-25(33)22-10-12-24(28)13-11-22/h10-13,17-20H,2-9,14-16H2,1H3. The molecule has 0 fully saturated rings. The van der Waals surface area contributed by atoms with E-state index in [-0.39, 0.29) is 11.3 Å². The van der Waals surface area contributed by atoms with Gasteiger partial charge >= 0.3 is 0 Å². The molecule has 0 spiro atoms. The number of benzene rings is 1. The first-order valence-corrected chi connectivity index (χ1v) is 13.7. The second-order valence-corrected chi connectivity index (χ2v) is 10.1. The number of carbonyl (C=O) groups is 1. The minimum absolute atomic E-state index is 0.172. The summed E-state index contributed by atoms with van der Waals surface area (Å²) in [6.07, 6.45) is 15.3. The lowest BCUT2D eigenvalue weighted by atomic mass is 10.0. The van der Waals surface area contributed by atoms with Crippen LogP contribution in [0, 0.1) is 0 Å². The first-order valence-electron chi connectivity index (χ1n) is 12.3. The Kier molecular flexibility index (Phi) is 11.4. The zero-order valence-corrected chi connectivity index (χ0v) is 21.9. The Morgan fingerprint density at radius 2 is 1.71 bits per heavy atom. The van der Waals surface area contributed by atoms with Gasteiger partial charge in [-0.3, -0.25) is 9.59 Å². The number of hydrogen-bond donors (Lipinski definition) is 0. The van der Waals surface area contributed by atoms with Gasteiger partial charge in [-0.05, 0) is 49.1 Å². The fourth-order valence-corrected chi connectivity index (χ4v) is 4.86. The van der Waals surface area contributed by atoms with Crippen molar-refractivity contribution in [3.05, 3.63) is 81.3 Å². The number of hydrogen-bond acceptors (Lipinski definition) is 6. The molecular formula is C27H33ClN4O2S. The van der Waals surface area contributed by atoms with Crippen molar-refractivity contribution in [1.29, 1.82) is 0 Å². The van der Waals surface area contributed by atoms with Gasteiger partial charge in [0.2, 0.25) is 0 Å². The molecule has 8 heteroatoms. The third kappa shape index (κ3) is 9.22. The van der Waals surface area contributed by atoms with Crippen LogP contribution in [0.3, 0.4) is 0 Å². The average Bonchev–Trinajstić information content (AvgIpc) is 2.87. The number of nitrogens with zero attached hydrogens (tertiary/aromatic N) is 4. The van der Waals surface area contributed by atoms with Crippen molar-refractivity contribution in [2.24, 2.45) is 0 Å². The minimum Gasteiger partial charge on any atom is -0.327 e. The molecule has 0 N–H and O–H groups in total. The summed E-state index contributed by atoms with van der Waals surface area (Å²) in [6.45, 7) is 3.01. The predicted molar refractivity (Wildman–Crippen MR) is 142 cm³/mol. The van der Waals surface area contributed by atoms with Crippen molar-refractivity contribution in [3.63, 3.8) is 0 Å². The van der Waals surface area contributed by atoms with E-state index in [0.717, 1.165) is 73.5 Å². The Balaban J connectivity index is 1.42. The summed E-state index contributed by atoms with van der Waals surface area (Å²) < 4.78 is 2.12. The Hall–Kier alpha value is -2.51. The van der Waals surface area contributed by atoms with Gasteiger partial charge in [-0.1, -0.05) is 56.0 Å².